The Labute approximate surface area is 205 Å². The highest BCUT2D eigenvalue weighted by Crippen LogP contribution is 2.45. The molecule has 0 fully saturated rings. The second-order valence-electron chi connectivity index (χ2n) is 7.88. The van der Waals surface area contributed by atoms with E-state index in [2.05, 4.69) is 6.07 Å². The summed E-state index contributed by atoms with van der Waals surface area (Å²) >= 11 is 3.14. The van der Waals surface area contributed by atoms with Gasteiger partial charge in [0.25, 0.3) is 0 Å². The third kappa shape index (κ3) is 4.36. The maximum atomic E-state index is 13.1. The highest BCUT2D eigenvalue weighted by molar-refractivity contribution is 7.10. The number of benzene rings is 1. The van der Waals surface area contributed by atoms with Crippen LogP contribution in [-0.2, 0) is 16.1 Å². The quantitative estimate of drug-likeness (QED) is 0.517. The molecule has 2 aliphatic rings. The summed E-state index contributed by atoms with van der Waals surface area (Å²) in [6.45, 7) is 0.787. The molecule has 0 bridgehead atoms. The molecule has 0 aliphatic carbocycles. The molecule has 2 aromatic heterocycles. The van der Waals surface area contributed by atoms with Crippen molar-refractivity contribution in [1.29, 1.82) is 5.26 Å². The Bertz CT molecular complexity index is 1320. The number of nitrogens with zero attached hydrogens (tertiary/aromatic N) is 2. The van der Waals surface area contributed by atoms with Gasteiger partial charge < -0.3 is 15.2 Å². The largest absolute Gasteiger partial charge is 0.445 e. The molecule has 6 nitrogen and oxygen atoms in total. The van der Waals surface area contributed by atoms with E-state index in [4.69, 9.17) is 15.2 Å². The molecule has 1 atom stereocenters. The average Bonchev–Trinajstić information content (AvgIpc) is 3.57. The zero-order valence-electron chi connectivity index (χ0n) is 18.1. The van der Waals surface area contributed by atoms with Crippen LogP contribution in [0.5, 0.6) is 0 Å². The normalized spacial score (nSPS) is 19.0. The van der Waals surface area contributed by atoms with E-state index < -0.39 is 6.09 Å². The van der Waals surface area contributed by atoms with Crippen LogP contribution in [0.4, 0.5) is 4.79 Å². The van der Waals surface area contributed by atoms with Gasteiger partial charge in [-0.1, -0.05) is 42.5 Å². The van der Waals surface area contributed by atoms with Gasteiger partial charge in [-0.3, -0.25) is 4.90 Å². The van der Waals surface area contributed by atoms with Gasteiger partial charge in [0.15, 0.2) is 0 Å². The van der Waals surface area contributed by atoms with Crippen LogP contribution in [0.25, 0.3) is 6.08 Å². The predicted molar refractivity (Wildman–Crippen MR) is 132 cm³/mol. The smallest absolute Gasteiger partial charge is 0.410 e. The zero-order chi connectivity index (χ0) is 23.5. The third-order valence-electron chi connectivity index (χ3n) is 5.69. The molecule has 0 spiro atoms. The van der Waals surface area contributed by atoms with Crippen molar-refractivity contribution in [3.8, 4) is 6.07 Å². The van der Waals surface area contributed by atoms with Crippen LogP contribution < -0.4 is 5.73 Å². The Morgan fingerprint density at radius 2 is 1.94 bits per heavy atom. The number of nitriles is 1. The van der Waals surface area contributed by atoms with Crippen molar-refractivity contribution < 1.29 is 14.3 Å². The highest BCUT2D eigenvalue weighted by atomic mass is 32.1. The van der Waals surface area contributed by atoms with E-state index in [0.717, 1.165) is 26.5 Å². The SMILES string of the molecule is N#CC1=C(N)OC2=C(CN(C(=O)OCc3ccccc3)C/C2=C/c2cccs2)[C@H]1c1cccs1. The molecule has 1 aromatic carbocycles. The fourth-order valence-electron chi connectivity index (χ4n) is 4.14. The van der Waals surface area contributed by atoms with Crippen LogP contribution in [0, 0.1) is 11.3 Å². The van der Waals surface area contributed by atoms with E-state index in [1.54, 1.807) is 27.6 Å². The van der Waals surface area contributed by atoms with E-state index in [-0.39, 0.29) is 25.0 Å². The topological polar surface area (TPSA) is 88.6 Å². The third-order valence-corrected chi connectivity index (χ3v) is 7.45. The number of ether oxygens (including phenoxy) is 2. The Kier molecular flexibility index (Phi) is 6.21. The molecule has 0 radical (unpaired) electrons. The van der Waals surface area contributed by atoms with E-state index in [1.165, 1.54) is 0 Å². The molecule has 8 heteroatoms. The van der Waals surface area contributed by atoms with Gasteiger partial charge >= 0.3 is 6.09 Å². The first-order valence-electron chi connectivity index (χ1n) is 10.7. The summed E-state index contributed by atoms with van der Waals surface area (Å²) < 4.78 is 11.6. The van der Waals surface area contributed by atoms with Gasteiger partial charge in [-0.15, -0.1) is 22.7 Å². The van der Waals surface area contributed by atoms with Crippen LogP contribution in [0.3, 0.4) is 0 Å². The summed E-state index contributed by atoms with van der Waals surface area (Å²) in [7, 11) is 0. The second-order valence-corrected chi connectivity index (χ2v) is 9.83. The molecule has 0 unspecified atom stereocenters. The monoisotopic (exact) mass is 487 g/mol. The van der Waals surface area contributed by atoms with Crippen LogP contribution in [-0.4, -0.2) is 24.1 Å². The fourth-order valence-corrected chi connectivity index (χ4v) is 5.69. The first-order chi connectivity index (χ1) is 16.6. The molecule has 1 amide bonds. The average molecular weight is 488 g/mol. The molecule has 0 saturated carbocycles. The number of carbonyl (C=O) groups is 1. The number of rotatable bonds is 4. The lowest BCUT2D eigenvalue weighted by Gasteiger charge is -2.37. The van der Waals surface area contributed by atoms with Crippen LogP contribution in [0.1, 0.15) is 21.2 Å². The molecular formula is C26H21N3O3S2. The number of hydrogen-bond donors (Lipinski definition) is 1. The maximum Gasteiger partial charge on any atom is 0.410 e. The molecule has 34 heavy (non-hydrogen) atoms. The minimum absolute atomic E-state index is 0.108. The summed E-state index contributed by atoms with van der Waals surface area (Å²) in [6, 6.07) is 19.7. The number of hydrogen-bond acceptors (Lipinski definition) is 7. The number of allylic oxidation sites excluding steroid dienone is 1. The summed E-state index contributed by atoms with van der Waals surface area (Å²) in [5.41, 5.74) is 9.14. The van der Waals surface area contributed by atoms with Crippen molar-refractivity contribution in [1.82, 2.24) is 4.90 Å². The minimum Gasteiger partial charge on any atom is -0.445 e. The Hall–Kier alpha value is -3.80. The first-order valence-corrected chi connectivity index (χ1v) is 12.4. The molecule has 5 rings (SSSR count). The fraction of sp³-hybridized carbons (Fsp3) is 0.154. The Morgan fingerprint density at radius 1 is 1.15 bits per heavy atom. The van der Waals surface area contributed by atoms with Crippen molar-refractivity contribution in [3.63, 3.8) is 0 Å². The van der Waals surface area contributed by atoms with Crippen LogP contribution in [0.15, 0.2) is 93.7 Å². The summed E-state index contributed by atoms with van der Waals surface area (Å²) in [6.07, 6.45) is 1.59. The molecule has 3 aromatic rings. The van der Waals surface area contributed by atoms with E-state index in [1.807, 2.05) is 71.4 Å². The highest BCUT2D eigenvalue weighted by Gasteiger charge is 2.39. The Morgan fingerprint density at radius 3 is 2.65 bits per heavy atom. The summed E-state index contributed by atoms with van der Waals surface area (Å²) in [5.74, 6) is 0.373. The van der Waals surface area contributed by atoms with E-state index in [0.29, 0.717) is 17.9 Å². The molecule has 2 aliphatic heterocycles. The Balaban J connectivity index is 1.51. The first kappa shape index (κ1) is 22.0. The lowest BCUT2D eigenvalue weighted by molar-refractivity contribution is 0.0983. The number of nitrogens with two attached hydrogens (primary N) is 1. The zero-order valence-corrected chi connectivity index (χ0v) is 19.8. The van der Waals surface area contributed by atoms with Crippen molar-refractivity contribution in [3.05, 3.63) is 109 Å². The van der Waals surface area contributed by atoms with Gasteiger partial charge in [0.2, 0.25) is 5.88 Å². The van der Waals surface area contributed by atoms with Crippen molar-refractivity contribution in [2.75, 3.05) is 13.1 Å². The number of thiophene rings is 2. The number of carbonyl (C=O) groups excluding carboxylic acids is 1. The lowest BCUT2D eigenvalue weighted by Crippen LogP contribution is -2.41. The molecule has 4 heterocycles. The summed E-state index contributed by atoms with van der Waals surface area (Å²) in [5, 5.41) is 13.8. The second kappa shape index (κ2) is 9.59. The predicted octanol–water partition coefficient (Wildman–Crippen LogP) is 5.61. The number of amides is 1. The van der Waals surface area contributed by atoms with Gasteiger partial charge in [0, 0.05) is 20.9 Å². The molecule has 170 valence electrons. The lowest BCUT2D eigenvalue weighted by atomic mass is 9.84. The van der Waals surface area contributed by atoms with Crippen molar-refractivity contribution in [2.24, 2.45) is 5.73 Å². The van der Waals surface area contributed by atoms with Gasteiger partial charge in [0.05, 0.1) is 19.0 Å². The molecular weight excluding hydrogens is 466 g/mol. The van der Waals surface area contributed by atoms with E-state index in [9.17, 15) is 10.1 Å². The molecule has 2 N–H and O–H groups in total. The van der Waals surface area contributed by atoms with Gasteiger partial charge in [-0.05, 0) is 34.5 Å². The van der Waals surface area contributed by atoms with E-state index >= 15 is 0 Å². The minimum atomic E-state index is -0.418. The standard InChI is InChI=1S/C26H21N3O3S2/c27-13-20-23(22-9-5-11-34-22)21-15-29(26(30)31-16-17-6-2-1-3-7-17)14-18(24(21)32-25(20)28)12-19-8-4-10-33-19/h1-12,23H,14-16,28H2/b18-12-/t23-/m0/s1. The van der Waals surface area contributed by atoms with Gasteiger partial charge in [-0.2, -0.15) is 5.26 Å². The van der Waals surface area contributed by atoms with Crippen LogP contribution in [0.2, 0.25) is 0 Å². The maximum absolute atomic E-state index is 13.1. The van der Waals surface area contributed by atoms with Crippen molar-refractivity contribution in [2.45, 2.75) is 12.5 Å². The summed E-state index contributed by atoms with van der Waals surface area (Å²) in [4.78, 5) is 16.8. The van der Waals surface area contributed by atoms with Gasteiger partial charge in [-0.25, -0.2) is 4.79 Å². The van der Waals surface area contributed by atoms with Crippen LogP contribution >= 0.6 is 22.7 Å². The molecule has 0 saturated heterocycles. The van der Waals surface area contributed by atoms with Gasteiger partial charge in [0.1, 0.15) is 24.0 Å². The van der Waals surface area contributed by atoms with Crippen molar-refractivity contribution >= 4 is 34.8 Å².